The van der Waals surface area contributed by atoms with Crippen molar-refractivity contribution in [1.29, 1.82) is 5.26 Å². The second kappa shape index (κ2) is 11.6. The molecule has 10 nitrogen and oxygen atoms in total. The van der Waals surface area contributed by atoms with Crippen LogP contribution in [0.5, 0.6) is 5.75 Å². The standard InChI is InChI=1S/C22H27N5O5S/c23-15-17-5-1-2-7-20(17)32-19-9-13-27(14-10-19)33(30,31)16-18(26-22(28)29)6-3-8-21-24-11-4-12-25-21/h1-2,4-5,7,11-12,18-19,26H,3,6,8-10,13-14,16H2,(H,28,29)/t18-/m1/s1. The Kier molecular flexibility index (Phi) is 8.57. The summed E-state index contributed by atoms with van der Waals surface area (Å²) in [6.07, 6.45) is 4.23. The van der Waals surface area contributed by atoms with Gasteiger partial charge < -0.3 is 15.2 Å². The summed E-state index contributed by atoms with van der Waals surface area (Å²) in [4.78, 5) is 19.4. The summed E-state index contributed by atoms with van der Waals surface area (Å²) in [5.74, 6) is 0.821. The average Bonchev–Trinajstić information content (AvgIpc) is 2.80. The van der Waals surface area contributed by atoms with Gasteiger partial charge in [0.15, 0.2) is 0 Å². The SMILES string of the molecule is N#Cc1ccccc1OC1CCN(S(=O)(=O)C[C@@H](CCCc2ncccn2)NC(=O)O)CC1. The summed E-state index contributed by atoms with van der Waals surface area (Å²) in [7, 11) is -3.66. The maximum Gasteiger partial charge on any atom is 0.404 e. The largest absolute Gasteiger partial charge is 0.489 e. The summed E-state index contributed by atoms with van der Waals surface area (Å²) < 4.78 is 33.2. The zero-order chi connectivity index (χ0) is 23.7. The van der Waals surface area contributed by atoms with Crippen LogP contribution < -0.4 is 10.1 Å². The number of hydrogen-bond donors (Lipinski definition) is 2. The van der Waals surface area contributed by atoms with E-state index in [-0.39, 0.29) is 24.9 Å². The Labute approximate surface area is 193 Å². The number of nitrogens with zero attached hydrogens (tertiary/aromatic N) is 4. The Hall–Kier alpha value is -3.23. The first-order chi connectivity index (χ1) is 15.9. The van der Waals surface area contributed by atoms with Crippen LogP contribution in [0.25, 0.3) is 0 Å². The smallest absolute Gasteiger partial charge is 0.404 e. The molecule has 1 aliphatic heterocycles. The molecule has 176 valence electrons. The number of sulfonamides is 1. The highest BCUT2D eigenvalue weighted by molar-refractivity contribution is 7.89. The Balaban J connectivity index is 1.53. The number of aromatic nitrogens is 2. The fraction of sp³-hybridized carbons (Fsp3) is 0.455. The molecule has 2 heterocycles. The predicted octanol–water partition coefficient (Wildman–Crippen LogP) is 2.18. The van der Waals surface area contributed by atoms with Crippen molar-refractivity contribution in [2.24, 2.45) is 0 Å². The third-order valence-corrected chi connectivity index (χ3v) is 7.38. The minimum Gasteiger partial charge on any atom is -0.489 e. The third-order valence-electron chi connectivity index (χ3n) is 5.41. The van der Waals surface area contributed by atoms with Crippen LogP contribution in [0.15, 0.2) is 42.7 Å². The van der Waals surface area contributed by atoms with Gasteiger partial charge in [0.1, 0.15) is 23.7 Å². The molecule has 3 rings (SSSR count). The van der Waals surface area contributed by atoms with Gasteiger partial charge in [0.25, 0.3) is 0 Å². The van der Waals surface area contributed by atoms with Crippen LogP contribution in [0.3, 0.4) is 0 Å². The molecule has 0 radical (unpaired) electrons. The Morgan fingerprint density at radius 3 is 2.61 bits per heavy atom. The zero-order valence-corrected chi connectivity index (χ0v) is 18.9. The topological polar surface area (TPSA) is 146 Å². The van der Waals surface area contributed by atoms with Gasteiger partial charge in [0.2, 0.25) is 10.0 Å². The second-order valence-electron chi connectivity index (χ2n) is 7.81. The van der Waals surface area contributed by atoms with Crippen molar-refractivity contribution < 1.29 is 23.1 Å². The van der Waals surface area contributed by atoms with Gasteiger partial charge in [0.05, 0.1) is 11.3 Å². The first-order valence-corrected chi connectivity index (χ1v) is 12.4. The van der Waals surface area contributed by atoms with Gasteiger partial charge in [-0.15, -0.1) is 0 Å². The fourth-order valence-corrected chi connectivity index (χ4v) is 5.50. The van der Waals surface area contributed by atoms with Gasteiger partial charge in [-0.2, -0.15) is 5.26 Å². The van der Waals surface area contributed by atoms with Crippen molar-refractivity contribution >= 4 is 16.1 Å². The van der Waals surface area contributed by atoms with Gasteiger partial charge in [-0.25, -0.2) is 27.5 Å². The summed E-state index contributed by atoms with van der Waals surface area (Å²) in [6.45, 7) is 0.554. The van der Waals surface area contributed by atoms with E-state index in [0.29, 0.717) is 49.2 Å². The molecule has 1 aromatic carbocycles. The van der Waals surface area contributed by atoms with Crippen molar-refractivity contribution in [3.8, 4) is 11.8 Å². The second-order valence-corrected chi connectivity index (χ2v) is 9.82. The van der Waals surface area contributed by atoms with Gasteiger partial charge in [-0.1, -0.05) is 12.1 Å². The molecule has 1 aromatic heterocycles. The van der Waals surface area contributed by atoms with E-state index in [1.807, 2.05) is 0 Å². The number of carboxylic acid groups (broad SMARTS) is 1. The number of para-hydroxylation sites is 1. The molecule has 0 bridgehead atoms. The molecular weight excluding hydrogens is 446 g/mol. The molecule has 1 amide bonds. The Morgan fingerprint density at radius 2 is 1.94 bits per heavy atom. The highest BCUT2D eigenvalue weighted by atomic mass is 32.2. The summed E-state index contributed by atoms with van der Waals surface area (Å²) in [5.41, 5.74) is 0.441. The lowest BCUT2D eigenvalue weighted by atomic mass is 10.1. The van der Waals surface area contributed by atoms with Gasteiger partial charge in [-0.05, 0) is 43.9 Å². The summed E-state index contributed by atoms with van der Waals surface area (Å²) in [6, 6.07) is 10.0. The van der Waals surface area contributed by atoms with Crippen molar-refractivity contribution in [3.05, 3.63) is 54.1 Å². The van der Waals surface area contributed by atoms with Crippen LogP contribution in [0.4, 0.5) is 4.79 Å². The molecular formula is C22H27N5O5S. The number of ether oxygens (including phenoxy) is 1. The monoisotopic (exact) mass is 473 g/mol. The molecule has 0 spiro atoms. The number of rotatable bonds is 10. The average molecular weight is 474 g/mol. The molecule has 1 atom stereocenters. The number of aryl methyl sites for hydroxylation is 1. The highest BCUT2D eigenvalue weighted by Gasteiger charge is 2.31. The van der Waals surface area contributed by atoms with E-state index in [1.54, 1.807) is 42.7 Å². The molecule has 0 aliphatic carbocycles. The fourth-order valence-electron chi connectivity index (χ4n) is 3.77. The summed E-state index contributed by atoms with van der Waals surface area (Å²) >= 11 is 0. The van der Waals surface area contributed by atoms with Crippen LogP contribution in [0.2, 0.25) is 0 Å². The van der Waals surface area contributed by atoms with E-state index in [4.69, 9.17) is 9.84 Å². The molecule has 1 saturated heterocycles. The minimum atomic E-state index is -3.66. The summed E-state index contributed by atoms with van der Waals surface area (Å²) in [5, 5.41) is 20.7. The van der Waals surface area contributed by atoms with Gasteiger partial charge in [-0.3, -0.25) is 0 Å². The first kappa shape index (κ1) is 24.4. The normalized spacial score (nSPS) is 16.0. The van der Waals surface area contributed by atoms with Crippen LogP contribution in [-0.2, 0) is 16.4 Å². The lowest BCUT2D eigenvalue weighted by Gasteiger charge is -2.32. The number of hydrogen-bond acceptors (Lipinski definition) is 7. The first-order valence-electron chi connectivity index (χ1n) is 10.8. The van der Waals surface area contributed by atoms with Crippen molar-refractivity contribution in [2.75, 3.05) is 18.8 Å². The van der Waals surface area contributed by atoms with Crippen LogP contribution in [0, 0.1) is 11.3 Å². The lowest BCUT2D eigenvalue weighted by molar-refractivity contribution is 0.134. The van der Waals surface area contributed by atoms with Crippen molar-refractivity contribution in [3.63, 3.8) is 0 Å². The molecule has 33 heavy (non-hydrogen) atoms. The quantitative estimate of drug-likeness (QED) is 0.534. The van der Waals surface area contributed by atoms with E-state index in [9.17, 15) is 18.5 Å². The molecule has 2 aromatic rings. The van der Waals surface area contributed by atoms with Crippen LogP contribution in [-0.4, -0.2) is 64.9 Å². The number of carbonyl (C=O) groups is 1. The van der Waals surface area contributed by atoms with E-state index in [0.717, 1.165) is 0 Å². The molecule has 0 saturated carbocycles. The number of nitrogens with one attached hydrogen (secondary N) is 1. The third kappa shape index (κ3) is 7.40. The zero-order valence-electron chi connectivity index (χ0n) is 18.1. The maximum absolute atomic E-state index is 13.0. The molecule has 11 heteroatoms. The number of benzene rings is 1. The molecule has 0 unspecified atom stereocenters. The number of amides is 1. The van der Waals surface area contributed by atoms with Crippen molar-refractivity contribution in [1.82, 2.24) is 19.6 Å². The highest BCUT2D eigenvalue weighted by Crippen LogP contribution is 2.24. The number of nitriles is 1. The lowest BCUT2D eigenvalue weighted by Crippen LogP contribution is -2.47. The molecule has 1 aliphatic rings. The van der Waals surface area contributed by atoms with Gasteiger partial charge >= 0.3 is 6.09 Å². The van der Waals surface area contributed by atoms with E-state index >= 15 is 0 Å². The Morgan fingerprint density at radius 1 is 1.24 bits per heavy atom. The van der Waals surface area contributed by atoms with E-state index in [2.05, 4.69) is 21.4 Å². The number of piperidine rings is 1. The molecule has 1 fully saturated rings. The van der Waals surface area contributed by atoms with E-state index in [1.165, 1.54) is 4.31 Å². The maximum atomic E-state index is 13.0. The Bertz CT molecular complexity index is 1070. The van der Waals surface area contributed by atoms with Crippen LogP contribution >= 0.6 is 0 Å². The van der Waals surface area contributed by atoms with Crippen LogP contribution in [0.1, 0.15) is 37.1 Å². The predicted molar refractivity (Wildman–Crippen MR) is 120 cm³/mol. The molecule has 2 N–H and O–H groups in total. The van der Waals surface area contributed by atoms with Gasteiger partial charge in [0, 0.05) is 37.9 Å². The van der Waals surface area contributed by atoms with Crippen molar-refractivity contribution in [2.45, 2.75) is 44.2 Å². The van der Waals surface area contributed by atoms with E-state index < -0.39 is 22.2 Å². The minimum absolute atomic E-state index is 0.190.